The summed E-state index contributed by atoms with van der Waals surface area (Å²) in [6.07, 6.45) is -0.524. The molecule has 182 valence electrons. The molecule has 1 fully saturated rings. The molecule has 0 radical (unpaired) electrons. The van der Waals surface area contributed by atoms with Crippen LogP contribution in [0.3, 0.4) is 0 Å². The molecule has 0 aromatic heterocycles. The van der Waals surface area contributed by atoms with Gasteiger partial charge < -0.3 is 19.7 Å². The zero-order valence-electron chi connectivity index (χ0n) is 19.4. The molecule has 2 heterocycles. The topological polar surface area (TPSA) is 62.2 Å². The minimum atomic E-state index is -0.716. The Morgan fingerprint density at radius 2 is 1.80 bits per heavy atom. The molecule has 3 aromatic rings. The van der Waals surface area contributed by atoms with Crippen molar-refractivity contribution in [2.45, 2.75) is 13.0 Å². The normalized spacial score (nSPS) is 18.1. The first-order chi connectivity index (χ1) is 16.9. The van der Waals surface area contributed by atoms with E-state index in [-0.39, 0.29) is 18.3 Å². The van der Waals surface area contributed by atoms with E-state index in [1.54, 1.807) is 24.3 Å². The number of fused-ring (bicyclic) bond motifs is 1. The van der Waals surface area contributed by atoms with Crippen molar-refractivity contribution in [2.75, 3.05) is 32.9 Å². The summed E-state index contributed by atoms with van der Waals surface area (Å²) in [5.41, 5.74) is 3.76. The largest absolute Gasteiger partial charge is 0.508 e. The van der Waals surface area contributed by atoms with E-state index in [1.807, 2.05) is 31.2 Å². The number of nitrogens with zero attached hydrogens (tertiary/aromatic N) is 1. The van der Waals surface area contributed by atoms with Gasteiger partial charge in [0.25, 0.3) is 0 Å². The van der Waals surface area contributed by atoms with Gasteiger partial charge >= 0.3 is 0 Å². The number of hydrogen-bond donors (Lipinski definition) is 2. The van der Waals surface area contributed by atoms with Gasteiger partial charge in [0, 0.05) is 36.7 Å². The lowest BCUT2D eigenvalue weighted by Crippen LogP contribution is -2.49. The second-order valence-electron chi connectivity index (χ2n) is 9.08. The SMILES string of the molecule is CC1=C(c2ccc(O)c(F)c2)C(c2ccc(OCCN3CC(CF)C3)cc2)Oc2ccc(O)cc21. The van der Waals surface area contributed by atoms with Crippen LogP contribution in [0.2, 0.25) is 0 Å². The van der Waals surface area contributed by atoms with Gasteiger partial charge in [-0.2, -0.15) is 0 Å². The van der Waals surface area contributed by atoms with Gasteiger partial charge in [-0.3, -0.25) is 9.29 Å². The lowest BCUT2D eigenvalue weighted by molar-refractivity contribution is 0.0668. The van der Waals surface area contributed by atoms with Crippen molar-refractivity contribution in [1.82, 2.24) is 4.90 Å². The summed E-state index contributed by atoms with van der Waals surface area (Å²) in [7, 11) is 0. The number of aromatic hydroxyl groups is 2. The zero-order valence-corrected chi connectivity index (χ0v) is 19.4. The van der Waals surface area contributed by atoms with Crippen LogP contribution in [-0.2, 0) is 0 Å². The molecule has 2 aliphatic heterocycles. The molecule has 0 bridgehead atoms. The molecule has 0 amide bonds. The highest BCUT2D eigenvalue weighted by molar-refractivity contribution is 5.95. The molecule has 5 nitrogen and oxygen atoms in total. The Balaban J connectivity index is 1.40. The predicted molar refractivity (Wildman–Crippen MR) is 130 cm³/mol. The predicted octanol–water partition coefficient (Wildman–Crippen LogP) is 5.58. The third-order valence-electron chi connectivity index (χ3n) is 6.65. The van der Waals surface area contributed by atoms with Crippen LogP contribution in [0.25, 0.3) is 11.1 Å². The molecular formula is C28H27F2NO4. The molecular weight excluding hydrogens is 452 g/mol. The average Bonchev–Trinajstić information content (AvgIpc) is 2.83. The first-order valence-electron chi connectivity index (χ1n) is 11.6. The van der Waals surface area contributed by atoms with Crippen molar-refractivity contribution in [3.05, 3.63) is 83.2 Å². The molecule has 1 saturated heterocycles. The first-order valence-corrected chi connectivity index (χ1v) is 11.6. The monoisotopic (exact) mass is 479 g/mol. The van der Waals surface area contributed by atoms with Gasteiger partial charge in [-0.1, -0.05) is 18.2 Å². The number of allylic oxidation sites excluding steroid dienone is 1. The maximum absolute atomic E-state index is 14.3. The number of ether oxygens (including phenoxy) is 2. The quantitative estimate of drug-likeness (QED) is 0.463. The lowest BCUT2D eigenvalue weighted by atomic mass is 9.86. The minimum Gasteiger partial charge on any atom is -0.508 e. The van der Waals surface area contributed by atoms with Crippen molar-refractivity contribution >= 4 is 11.1 Å². The number of phenols is 2. The van der Waals surface area contributed by atoms with E-state index in [4.69, 9.17) is 9.47 Å². The highest BCUT2D eigenvalue weighted by atomic mass is 19.1. The van der Waals surface area contributed by atoms with E-state index in [0.29, 0.717) is 17.9 Å². The Morgan fingerprint density at radius 3 is 2.51 bits per heavy atom. The van der Waals surface area contributed by atoms with Crippen LogP contribution in [-0.4, -0.2) is 48.0 Å². The maximum atomic E-state index is 14.3. The van der Waals surface area contributed by atoms with E-state index in [0.717, 1.165) is 47.7 Å². The molecule has 5 rings (SSSR count). The molecule has 0 spiro atoms. The molecule has 2 N–H and O–H groups in total. The van der Waals surface area contributed by atoms with Crippen LogP contribution in [0.1, 0.15) is 29.7 Å². The second-order valence-corrected chi connectivity index (χ2v) is 9.08. The van der Waals surface area contributed by atoms with Crippen LogP contribution in [0, 0.1) is 11.7 Å². The van der Waals surface area contributed by atoms with Crippen LogP contribution < -0.4 is 9.47 Å². The fraction of sp³-hybridized carbons (Fsp3) is 0.286. The maximum Gasteiger partial charge on any atom is 0.165 e. The Labute approximate surface area is 202 Å². The number of phenolic OH excluding ortho intramolecular Hbond substituents is 2. The van der Waals surface area contributed by atoms with E-state index in [2.05, 4.69) is 4.90 Å². The van der Waals surface area contributed by atoms with Crippen LogP contribution in [0.15, 0.2) is 60.7 Å². The Bertz CT molecular complexity index is 1250. The van der Waals surface area contributed by atoms with Crippen molar-refractivity contribution in [3.8, 4) is 23.0 Å². The van der Waals surface area contributed by atoms with Crippen molar-refractivity contribution in [3.63, 3.8) is 0 Å². The number of benzene rings is 3. The van der Waals surface area contributed by atoms with Gasteiger partial charge in [0.15, 0.2) is 11.6 Å². The number of halogens is 2. The van der Waals surface area contributed by atoms with Gasteiger partial charge in [0.1, 0.15) is 30.0 Å². The van der Waals surface area contributed by atoms with Gasteiger partial charge in [-0.05, 0) is 66.1 Å². The number of alkyl halides is 1. The lowest BCUT2D eigenvalue weighted by Gasteiger charge is -2.37. The van der Waals surface area contributed by atoms with Crippen molar-refractivity contribution in [2.24, 2.45) is 5.92 Å². The molecule has 0 aliphatic carbocycles. The summed E-state index contributed by atoms with van der Waals surface area (Å²) in [4.78, 5) is 2.17. The van der Waals surface area contributed by atoms with Crippen molar-refractivity contribution < 1.29 is 28.5 Å². The highest BCUT2D eigenvalue weighted by Crippen LogP contribution is 2.47. The summed E-state index contributed by atoms with van der Waals surface area (Å²) < 4.78 is 39.0. The van der Waals surface area contributed by atoms with E-state index in [1.165, 1.54) is 12.1 Å². The van der Waals surface area contributed by atoms with Crippen molar-refractivity contribution in [1.29, 1.82) is 0 Å². The average molecular weight is 480 g/mol. The molecule has 3 aromatic carbocycles. The van der Waals surface area contributed by atoms with Gasteiger partial charge in [0.05, 0.1) is 6.67 Å². The second kappa shape index (κ2) is 9.58. The number of likely N-dealkylation sites (tertiary alicyclic amines) is 1. The summed E-state index contributed by atoms with van der Waals surface area (Å²) in [5.74, 6) is 0.475. The standard InChI is InChI=1S/C28H27F2NO4/c1-17-23-13-21(32)5-9-26(23)35-28(27(17)20-4-8-25(33)24(30)12-20)19-2-6-22(7-3-19)34-11-10-31-15-18(14-29)16-31/h2-9,12-13,18,28,32-33H,10-11,14-16H2,1H3. The number of hydrogen-bond acceptors (Lipinski definition) is 5. The van der Waals surface area contributed by atoms with Crippen LogP contribution in [0.4, 0.5) is 8.78 Å². The molecule has 0 saturated carbocycles. The molecule has 2 aliphatic rings. The molecule has 1 unspecified atom stereocenters. The van der Waals surface area contributed by atoms with Crippen LogP contribution in [0.5, 0.6) is 23.0 Å². The van der Waals surface area contributed by atoms with Gasteiger partial charge in [-0.25, -0.2) is 4.39 Å². The number of rotatable bonds is 7. The Hall–Kier alpha value is -3.58. The summed E-state index contributed by atoms with van der Waals surface area (Å²) in [6, 6.07) is 16.8. The highest BCUT2D eigenvalue weighted by Gasteiger charge is 2.30. The first kappa shape index (κ1) is 23.2. The summed E-state index contributed by atoms with van der Waals surface area (Å²) in [5, 5.41) is 19.7. The summed E-state index contributed by atoms with van der Waals surface area (Å²) in [6.45, 7) is 4.49. The van der Waals surface area contributed by atoms with Gasteiger partial charge in [-0.15, -0.1) is 0 Å². The third-order valence-corrected chi connectivity index (χ3v) is 6.65. The van der Waals surface area contributed by atoms with E-state index >= 15 is 0 Å². The van der Waals surface area contributed by atoms with E-state index in [9.17, 15) is 19.0 Å². The summed E-state index contributed by atoms with van der Waals surface area (Å²) >= 11 is 0. The Kier molecular flexibility index (Phi) is 6.34. The van der Waals surface area contributed by atoms with Gasteiger partial charge in [0.2, 0.25) is 0 Å². The van der Waals surface area contributed by atoms with Crippen LogP contribution >= 0.6 is 0 Å². The Morgan fingerprint density at radius 1 is 1.03 bits per heavy atom. The minimum absolute atomic E-state index is 0.112. The zero-order chi connectivity index (χ0) is 24.5. The molecule has 7 heteroatoms. The third kappa shape index (κ3) is 4.68. The molecule has 1 atom stereocenters. The van der Waals surface area contributed by atoms with E-state index < -0.39 is 17.7 Å². The fourth-order valence-corrected chi connectivity index (χ4v) is 4.71. The smallest absolute Gasteiger partial charge is 0.165 e. The molecule has 35 heavy (non-hydrogen) atoms. The fourth-order valence-electron chi connectivity index (χ4n) is 4.71.